The number of ketones is 1. The number of aliphatic hydroxyl groups excluding tert-OH is 3. The molecular weight excluding hydrogens is 440 g/mol. The van der Waals surface area contributed by atoms with Gasteiger partial charge < -0.3 is 39.4 Å². The molecule has 2 aliphatic rings. The van der Waals surface area contributed by atoms with Crippen molar-refractivity contribution in [3.05, 3.63) is 42.0 Å². The fraction of sp³-hybridized carbons (Fsp3) is 0.500. The second-order valence-corrected chi connectivity index (χ2v) is 7.71. The number of hydrogen-bond acceptors (Lipinski definition) is 11. The first-order chi connectivity index (χ1) is 15.7. The molecule has 1 saturated heterocycles. The van der Waals surface area contributed by atoms with Crippen molar-refractivity contribution in [2.75, 3.05) is 6.61 Å². The Morgan fingerprint density at radius 1 is 1.21 bits per heavy atom. The molecule has 3 rings (SSSR count). The topological polar surface area (TPSA) is 169 Å². The molecule has 1 aromatic rings. The van der Waals surface area contributed by atoms with Crippen LogP contribution in [0.2, 0.25) is 0 Å². The van der Waals surface area contributed by atoms with Gasteiger partial charge in [0, 0.05) is 18.9 Å². The summed E-state index contributed by atoms with van der Waals surface area (Å²) in [6, 6.07) is 6.25. The van der Waals surface area contributed by atoms with Crippen LogP contribution in [0.1, 0.15) is 25.3 Å². The van der Waals surface area contributed by atoms with Gasteiger partial charge in [-0.3, -0.25) is 9.59 Å². The maximum atomic E-state index is 12.4. The highest BCUT2D eigenvalue weighted by Gasteiger charge is 2.48. The van der Waals surface area contributed by atoms with E-state index >= 15 is 0 Å². The lowest BCUT2D eigenvalue weighted by atomic mass is 9.90. The van der Waals surface area contributed by atoms with E-state index in [9.17, 15) is 34.8 Å². The predicted molar refractivity (Wildman–Crippen MR) is 109 cm³/mol. The molecule has 1 aliphatic heterocycles. The summed E-state index contributed by atoms with van der Waals surface area (Å²) in [7, 11) is 0. The summed E-state index contributed by atoms with van der Waals surface area (Å²) in [5.74, 6) is -2.44. The smallest absolute Gasteiger partial charge is 0.350 e. The maximum Gasteiger partial charge on any atom is 0.350 e. The van der Waals surface area contributed by atoms with Crippen LogP contribution in [0, 0.1) is 0 Å². The minimum atomic E-state index is -2.35. The number of para-hydroxylation sites is 1. The molecular formula is C22H26O11. The summed E-state index contributed by atoms with van der Waals surface area (Å²) in [5, 5.41) is 40.2. The Balaban J connectivity index is 1.76. The van der Waals surface area contributed by atoms with E-state index in [1.165, 1.54) is 12.1 Å². The van der Waals surface area contributed by atoms with Gasteiger partial charge in [0.2, 0.25) is 11.9 Å². The summed E-state index contributed by atoms with van der Waals surface area (Å²) in [5.41, 5.74) is -2.04. The highest BCUT2D eigenvalue weighted by Crippen LogP contribution is 2.29. The van der Waals surface area contributed by atoms with Gasteiger partial charge in [0.05, 0.1) is 6.61 Å². The minimum absolute atomic E-state index is 0.0125. The second-order valence-electron chi connectivity index (χ2n) is 7.71. The number of benzene rings is 1. The number of allylic oxidation sites excluding steroid dienone is 1. The molecule has 0 bridgehead atoms. The van der Waals surface area contributed by atoms with Gasteiger partial charge >= 0.3 is 11.9 Å². The van der Waals surface area contributed by atoms with Gasteiger partial charge in [-0.2, -0.15) is 0 Å². The lowest BCUT2D eigenvalue weighted by molar-refractivity contribution is -0.282. The van der Waals surface area contributed by atoms with E-state index in [1.54, 1.807) is 18.2 Å². The molecule has 6 atom stereocenters. The Hall–Kier alpha value is -2.83. The van der Waals surface area contributed by atoms with Gasteiger partial charge in [-0.25, -0.2) is 4.79 Å². The van der Waals surface area contributed by atoms with Crippen molar-refractivity contribution in [3.8, 4) is 5.75 Å². The van der Waals surface area contributed by atoms with Crippen LogP contribution in [0.5, 0.6) is 5.75 Å². The minimum Gasteiger partial charge on any atom is -0.460 e. The first-order valence-corrected chi connectivity index (χ1v) is 10.3. The quantitative estimate of drug-likeness (QED) is 0.224. The zero-order valence-electron chi connectivity index (χ0n) is 17.8. The molecule has 0 radical (unpaired) electrons. The van der Waals surface area contributed by atoms with Crippen LogP contribution in [-0.4, -0.2) is 81.1 Å². The third-order valence-corrected chi connectivity index (χ3v) is 5.33. The second kappa shape index (κ2) is 10.4. The van der Waals surface area contributed by atoms with Crippen molar-refractivity contribution in [1.82, 2.24) is 0 Å². The summed E-state index contributed by atoms with van der Waals surface area (Å²) in [4.78, 5) is 35.8. The van der Waals surface area contributed by atoms with Crippen LogP contribution in [-0.2, 0) is 35.2 Å². The first-order valence-electron chi connectivity index (χ1n) is 10.3. The van der Waals surface area contributed by atoms with Crippen LogP contribution >= 0.6 is 0 Å². The predicted octanol–water partition coefficient (Wildman–Crippen LogP) is -0.870. The molecule has 1 heterocycles. The van der Waals surface area contributed by atoms with Gasteiger partial charge in [0.15, 0.2) is 11.9 Å². The molecule has 0 spiro atoms. The van der Waals surface area contributed by atoms with Crippen molar-refractivity contribution >= 4 is 17.7 Å². The molecule has 180 valence electrons. The fourth-order valence-electron chi connectivity index (χ4n) is 3.52. The van der Waals surface area contributed by atoms with E-state index in [2.05, 4.69) is 0 Å². The molecule has 1 aliphatic carbocycles. The monoisotopic (exact) mass is 466 g/mol. The molecule has 1 unspecified atom stereocenters. The number of carbonyl (C=O) groups excluding carboxylic acids is 3. The number of rotatable bonds is 7. The average Bonchev–Trinajstić information content (AvgIpc) is 2.79. The summed E-state index contributed by atoms with van der Waals surface area (Å²) >= 11 is 0. The molecule has 4 N–H and O–H groups in total. The maximum absolute atomic E-state index is 12.4. The SMILES string of the molecule is CC(=O)O[C@H]1[C@H](Oc2ccccc2COC(=O)C2(O)C=CCCC2=O)O[C@H](CO)[C@@H](O)[C@@H]1O. The van der Waals surface area contributed by atoms with Gasteiger partial charge in [0.1, 0.15) is 30.7 Å². The molecule has 0 aromatic heterocycles. The summed E-state index contributed by atoms with van der Waals surface area (Å²) in [6.07, 6.45) is -4.11. The number of ether oxygens (including phenoxy) is 4. The van der Waals surface area contributed by atoms with Crippen molar-refractivity contribution in [2.45, 2.75) is 62.7 Å². The molecule has 0 saturated carbocycles. The highest BCUT2D eigenvalue weighted by atomic mass is 16.7. The van der Waals surface area contributed by atoms with E-state index in [1.807, 2.05) is 0 Å². The first kappa shape index (κ1) is 24.8. The van der Waals surface area contributed by atoms with Crippen molar-refractivity contribution in [3.63, 3.8) is 0 Å². The largest absolute Gasteiger partial charge is 0.460 e. The number of aliphatic hydroxyl groups is 4. The Morgan fingerprint density at radius 3 is 2.61 bits per heavy atom. The van der Waals surface area contributed by atoms with E-state index in [0.29, 0.717) is 12.0 Å². The van der Waals surface area contributed by atoms with Crippen LogP contribution in [0.15, 0.2) is 36.4 Å². The van der Waals surface area contributed by atoms with Crippen molar-refractivity contribution in [2.24, 2.45) is 0 Å². The van der Waals surface area contributed by atoms with Crippen LogP contribution < -0.4 is 4.74 Å². The number of esters is 2. The number of hydrogen-bond donors (Lipinski definition) is 4. The average molecular weight is 466 g/mol. The third kappa shape index (κ3) is 5.40. The lowest BCUT2D eigenvalue weighted by Crippen LogP contribution is -2.61. The Labute approximate surface area is 189 Å². The molecule has 33 heavy (non-hydrogen) atoms. The fourth-order valence-corrected chi connectivity index (χ4v) is 3.52. The van der Waals surface area contributed by atoms with E-state index in [4.69, 9.17) is 18.9 Å². The van der Waals surface area contributed by atoms with E-state index in [0.717, 1.165) is 13.0 Å². The van der Waals surface area contributed by atoms with Crippen LogP contribution in [0.4, 0.5) is 0 Å². The Kier molecular flexibility index (Phi) is 7.82. The highest BCUT2D eigenvalue weighted by molar-refractivity contribution is 6.09. The standard InChI is InChI=1S/C22H26O11/c1-12(24)31-19-18(27)17(26)15(10-23)33-20(19)32-14-7-3-2-6-13(14)11-30-21(28)22(29)9-5-4-8-16(22)25/h2-3,5-7,9,15,17-20,23,26-27,29H,4,8,10-11H2,1H3/t15-,17-,18+,19-,20-,22?/m1/s1. The van der Waals surface area contributed by atoms with Crippen molar-refractivity contribution < 1.29 is 53.8 Å². The van der Waals surface area contributed by atoms with Crippen LogP contribution in [0.3, 0.4) is 0 Å². The van der Waals surface area contributed by atoms with Crippen LogP contribution in [0.25, 0.3) is 0 Å². The van der Waals surface area contributed by atoms with Gasteiger partial charge in [-0.15, -0.1) is 0 Å². The lowest BCUT2D eigenvalue weighted by Gasteiger charge is -2.41. The van der Waals surface area contributed by atoms with E-state index < -0.39 is 60.6 Å². The summed E-state index contributed by atoms with van der Waals surface area (Å²) in [6.45, 7) is 0.0929. The molecule has 1 fully saturated rings. The van der Waals surface area contributed by atoms with Crippen molar-refractivity contribution in [1.29, 1.82) is 0 Å². The van der Waals surface area contributed by atoms with Gasteiger partial charge in [0.25, 0.3) is 0 Å². The molecule has 11 heteroatoms. The van der Waals surface area contributed by atoms with Gasteiger partial charge in [-0.1, -0.05) is 24.3 Å². The third-order valence-electron chi connectivity index (χ3n) is 5.33. The Morgan fingerprint density at radius 2 is 1.94 bits per heavy atom. The Bertz CT molecular complexity index is 913. The normalized spacial score (nSPS) is 31.7. The molecule has 0 amide bonds. The zero-order chi connectivity index (χ0) is 24.2. The number of carbonyl (C=O) groups is 3. The molecule has 1 aromatic carbocycles. The van der Waals surface area contributed by atoms with Gasteiger partial charge in [-0.05, 0) is 18.6 Å². The zero-order valence-corrected chi connectivity index (χ0v) is 17.8. The summed E-state index contributed by atoms with van der Waals surface area (Å²) < 4.78 is 21.4. The molecule has 11 nitrogen and oxygen atoms in total. The van der Waals surface area contributed by atoms with E-state index in [-0.39, 0.29) is 18.8 Å². The number of Topliss-reactive ketones (excluding diaryl/α,β-unsaturated/α-hetero) is 1.